The number of carbonyl (C=O) groups is 1. The maximum absolute atomic E-state index is 12.2. The quantitative estimate of drug-likeness (QED) is 0.835. The lowest BCUT2D eigenvalue weighted by molar-refractivity contribution is 0.0558. The van der Waals surface area contributed by atoms with Crippen molar-refractivity contribution < 1.29 is 4.79 Å². The first-order chi connectivity index (χ1) is 8.94. The summed E-state index contributed by atoms with van der Waals surface area (Å²) in [4.78, 5) is 14.4. The van der Waals surface area contributed by atoms with Gasteiger partial charge in [0.2, 0.25) is 0 Å². The minimum atomic E-state index is -0.0990. The van der Waals surface area contributed by atoms with E-state index in [1.165, 1.54) is 6.42 Å². The van der Waals surface area contributed by atoms with Gasteiger partial charge >= 0.3 is 0 Å². The summed E-state index contributed by atoms with van der Waals surface area (Å²) in [7, 11) is 4.14. The summed E-state index contributed by atoms with van der Waals surface area (Å²) < 4.78 is 0.880. The molecule has 19 heavy (non-hydrogen) atoms. The van der Waals surface area contributed by atoms with Gasteiger partial charge in [-0.3, -0.25) is 4.79 Å². The number of nitrogen functional groups attached to an aromatic ring is 1. The number of likely N-dealkylation sites (N-methyl/N-ethyl adjacent to an activating group) is 1. The van der Waals surface area contributed by atoms with Crippen LogP contribution in [0.1, 0.15) is 29.6 Å². The van der Waals surface area contributed by atoms with Gasteiger partial charge in [0.25, 0.3) is 5.91 Å². The summed E-state index contributed by atoms with van der Waals surface area (Å²) in [6.45, 7) is 0.675. The molecule has 0 bridgehead atoms. The average Bonchev–Trinajstić information content (AvgIpc) is 2.26. The first-order valence-electron chi connectivity index (χ1n) is 6.45. The Bertz CT molecular complexity index is 484. The van der Waals surface area contributed by atoms with Gasteiger partial charge in [0.05, 0.1) is 5.56 Å². The fourth-order valence-corrected chi connectivity index (χ4v) is 2.83. The molecule has 0 aliphatic heterocycles. The third kappa shape index (κ3) is 2.92. The predicted octanol–water partition coefficient (Wildman–Crippen LogP) is 2.25. The fraction of sp³-hybridized carbons (Fsp3) is 0.500. The number of nitrogens with zero attached hydrogens (tertiary/aromatic N) is 1. The van der Waals surface area contributed by atoms with E-state index in [0.29, 0.717) is 17.8 Å². The van der Waals surface area contributed by atoms with Gasteiger partial charge in [-0.15, -0.1) is 0 Å². The number of amides is 1. The Morgan fingerprint density at radius 2 is 2.16 bits per heavy atom. The Kier molecular flexibility index (Phi) is 4.16. The number of carbonyl (C=O) groups excluding carboxylic acids is 1. The summed E-state index contributed by atoms with van der Waals surface area (Å²) in [5, 5.41) is 3.01. The molecular weight excluding hydrogens is 306 g/mol. The van der Waals surface area contributed by atoms with E-state index in [4.69, 9.17) is 5.73 Å². The Balaban J connectivity index is 2.01. The molecular formula is C14H20BrN3O. The molecule has 2 rings (SSSR count). The van der Waals surface area contributed by atoms with Crippen molar-refractivity contribution in [2.24, 2.45) is 0 Å². The van der Waals surface area contributed by atoms with Crippen LogP contribution in [0.4, 0.5) is 5.69 Å². The molecule has 0 spiro atoms. The molecule has 0 unspecified atom stereocenters. The van der Waals surface area contributed by atoms with Crippen LogP contribution in [-0.4, -0.2) is 37.0 Å². The zero-order valence-corrected chi connectivity index (χ0v) is 13.0. The van der Waals surface area contributed by atoms with Gasteiger partial charge in [0.1, 0.15) is 0 Å². The predicted molar refractivity (Wildman–Crippen MR) is 81.2 cm³/mol. The standard InChI is InChI=1S/C14H20BrN3O/c1-18(2)14(6-3-7-14)9-17-13(19)11-5-4-10(15)8-12(11)16/h4-5,8H,3,6-7,9,16H2,1-2H3,(H,17,19). The minimum absolute atomic E-state index is 0.0990. The van der Waals surface area contributed by atoms with E-state index in [0.717, 1.165) is 17.3 Å². The average molecular weight is 326 g/mol. The molecule has 1 aliphatic carbocycles. The second kappa shape index (κ2) is 5.51. The van der Waals surface area contributed by atoms with Gasteiger partial charge < -0.3 is 16.0 Å². The largest absolute Gasteiger partial charge is 0.398 e. The van der Waals surface area contributed by atoms with E-state index >= 15 is 0 Å². The third-order valence-corrected chi connectivity index (χ3v) is 4.56. The van der Waals surface area contributed by atoms with Crippen molar-refractivity contribution in [2.45, 2.75) is 24.8 Å². The zero-order chi connectivity index (χ0) is 14.0. The van der Waals surface area contributed by atoms with Crippen molar-refractivity contribution in [3.05, 3.63) is 28.2 Å². The molecule has 1 aliphatic rings. The van der Waals surface area contributed by atoms with Crippen LogP contribution < -0.4 is 11.1 Å². The highest BCUT2D eigenvalue weighted by Gasteiger charge is 2.39. The fourth-order valence-electron chi connectivity index (χ4n) is 2.45. The van der Waals surface area contributed by atoms with Crippen LogP contribution in [0.25, 0.3) is 0 Å². The molecule has 1 saturated carbocycles. The maximum atomic E-state index is 12.2. The van der Waals surface area contributed by atoms with Crippen LogP contribution in [0.2, 0.25) is 0 Å². The number of hydrogen-bond acceptors (Lipinski definition) is 3. The van der Waals surface area contributed by atoms with Crippen molar-refractivity contribution in [1.29, 1.82) is 0 Å². The number of nitrogens with two attached hydrogens (primary N) is 1. The van der Waals surface area contributed by atoms with Crippen molar-refractivity contribution in [3.63, 3.8) is 0 Å². The molecule has 0 aromatic heterocycles. The molecule has 0 heterocycles. The molecule has 0 radical (unpaired) electrons. The summed E-state index contributed by atoms with van der Waals surface area (Å²) in [6, 6.07) is 5.33. The van der Waals surface area contributed by atoms with E-state index in [9.17, 15) is 4.79 Å². The lowest BCUT2D eigenvalue weighted by atomic mass is 9.75. The molecule has 4 nitrogen and oxygen atoms in total. The van der Waals surface area contributed by atoms with Crippen molar-refractivity contribution in [1.82, 2.24) is 10.2 Å². The molecule has 0 saturated heterocycles. The number of anilines is 1. The Labute approximate surface area is 122 Å². The van der Waals surface area contributed by atoms with Crippen molar-refractivity contribution in [3.8, 4) is 0 Å². The Morgan fingerprint density at radius 3 is 2.63 bits per heavy atom. The van der Waals surface area contributed by atoms with Crippen LogP contribution in [0.5, 0.6) is 0 Å². The summed E-state index contributed by atoms with van der Waals surface area (Å²) in [5.74, 6) is -0.0990. The number of nitrogens with one attached hydrogen (secondary N) is 1. The monoisotopic (exact) mass is 325 g/mol. The van der Waals surface area contributed by atoms with Crippen molar-refractivity contribution in [2.75, 3.05) is 26.4 Å². The molecule has 3 N–H and O–H groups in total. The first kappa shape index (κ1) is 14.3. The van der Waals surface area contributed by atoms with E-state index in [1.807, 2.05) is 6.07 Å². The second-order valence-electron chi connectivity index (χ2n) is 5.39. The summed E-state index contributed by atoms with van der Waals surface area (Å²) in [6.07, 6.45) is 3.50. The summed E-state index contributed by atoms with van der Waals surface area (Å²) in [5.41, 5.74) is 7.03. The van der Waals surface area contributed by atoms with Crippen LogP contribution in [0.3, 0.4) is 0 Å². The van der Waals surface area contributed by atoms with Gasteiger partial charge in [-0.25, -0.2) is 0 Å². The number of halogens is 1. The maximum Gasteiger partial charge on any atom is 0.253 e. The topological polar surface area (TPSA) is 58.4 Å². The number of hydrogen-bond donors (Lipinski definition) is 2. The number of benzene rings is 1. The zero-order valence-electron chi connectivity index (χ0n) is 11.4. The smallest absolute Gasteiger partial charge is 0.253 e. The third-order valence-electron chi connectivity index (χ3n) is 4.07. The highest BCUT2D eigenvalue weighted by molar-refractivity contribution is 9.10. The molecule has 1 aromatic rings. The summed E-state index contributed by atoms with van der Waals surface area (Å²) >= 11 is 3.34. The molecule has 5 heteroatoms. The SMILES string of the molecule is CN(C)C1(CNC(=O)c2ccc(Br)cc2N)CCC1. The normalized spacial score (nSPS) is 17.1. The van der Waals surface area contributed by atoms with E-state index < -0.39 is 0 Å². The molecule has 1 fully saturated rings. The second-order valence-corrected chi connectivity index (χ2v) is 6.30. The van der Waals surface area contributed by atoms with Crippen LogP contribution in [0.15, 0.2) is 22.7 Å². The van der Waals surface area contributed by atoms with E-state index in [2.05, 4.69) is 40.2 Å². The Hall–Kier alpha value is -1.07. The minimum Gasteiger partial charge on any atom is -0.398 e. The lowest BCUT2D eigenvalue weighted by Crippen LogP contribution is -2.57. The van der Waals surface area contributed by atoms with Crippen molar-refractivity contribution >= 4 is 27.5 Å². The Morgan fingerprint density at radius 1 is 1.47 bits per heavy atom. The van der Waals surface area contributed by atoms with Crippen LogP contribution >= 0.6 is 15.9 Å². The van der Waals surface area contributed by atoms with Gasteiger partial charge in [0.15, 0.2) is 0 Å². The lowest BCUT2D eigenvalue weighted by Gasteiger charge is -2.47. The van der Waals surface area contributed by atoms with E-state index in [1.54, 1.807) is 12.1 Å². The van der Waals surface area contributed by atoms with Crippen LogP contribution in [-0.2, 0) is 0 Å². The highest BCUT2D eigenvalue weighted by Crippen LogP contribution is 2.35. The van der Waals surface area contributed by atoms with Crippen LogP contribution in [0, 0.1) is 0 Å². The van der Waals surface area contributed by atoms with Gasteiger partial charge in [-0.2, -0.15) is 0 Å². The van der Waals surface area contributed by atoms with Gasteiger partial charge in [-0.1, -0.05) is 15.9 Å². The number of rotatable bonds is 4. The molecule has 1 amide bonds. The van der Waals surface area contributed by atoms with Gasteiger partial charge in [0, 0.05) is 22.2 Å². The molecule has 104 valence electrons. The molecule has 0 atom stereocenters. The highest BCUT2D eigenvalue weighted by atomic mass is 79.9. The first-order valence-corrected chi connectivity index (χ1v) is 7.25. The van der Waals surface area contributed by atoms with E-state index in [-0.39, 0.29) is 11.4 Å². The van der Waals surface area contributed by atoms with Gasteiger partial charge in [-0.05, 0) is 51.6 Å². The molecule has 1 aromatic carbocycles.